The van der Waals surface area contributed by atoms with Crippen molar-refractivity contribution in [2.45, 2.75) is 25.8 Å². The Labute approximate surface area is 141 Å². The molecule has 0 radical (unpaired) electrons. The first-order valence-corrected chi connectivity index (χ1v) is 9.22. The van der Waals surface area contributed by atoms with Gasteiger partial charge in [0.2, 0.25) is 5.91 Å². The molecule has 1 aromatic carbocycles. The Balaban J connectivity index is 1.72. The molecular weight excluding hydrogens is 304 g/mol. The average Bonchev–Trinajstić information content (AvgIpc) is 3.39. The van der Waals surface area contributed by atoms with Gasteiger partial charge in [0.25, 0.3) is 0 Å². The number of hydrogen-bond donors (Lipinski definition) is 1. The molecule has 1 aliphatic carbocycles. The van der Waals surface area contributed by atoms with E-state index in [1.165, 1.54) is 18.4 Å². The van der Waals surface area contributed by atoms with Crippen molar-refractivity contribution in [2.75, 3.05) is 11.5 Å². The highest BCUT2D eigenvalue weighted by Crippen LogP contribution is 2.32. The monoisotopic (exact) mass is 326 g/mol. The van der Waals surface area contributed by atoms with E-state index in [0.29, 0.717) is 5.75 Å². The fraction of sp³-hybridized carbons (Fsp3) is 0.368. The van der Waals surface area contributed by atoms with E-state index in [-0.39, 0.29) is 11.9 Å². The zero-order valence-corrected chi connectivity index (χ0v) is 14.2. The Morgan fingerprint density at radius 2 is 2.00 bits per heavy atom. The van der Waals surface area contributed by atoms with Crippen LogP contribution >= 0.6 is 11.8 Å². The minimum absolute atomic E-state index is 0.0979. The number of pyridine rings is 1. The van der Waals surface area contributed by atoms with Crippen molar-refractivity contribution in [3.8, 4) is 0 Å². The maximum absolute atomic E-state index is 12.4. The van der Waals surface area contributed by atoms with E-state index in [1.807, 2.05) is 24.3 Å². The Hall–Kier alpha value is -1.81. The lowest BCUT2D eigenvalue weighted by Gasteiger charge is -2.21. The van der Waals surface area contributed by atoms with Crippen LogP contribution in [-0.2, 0) is 4.79 Å². The molecule has 1 saturated carbocycles. The second kappa shape index (κ2) is 7.64. The molecule has 1 unspecified atom stereocenters. The van der Waals surface area contributed by atoms with Crippen molar-refractivity contribution in [1.82, 2.24) is 10.3 Å². The molecule has 0 spiro atoms. The van der Waals surface area contributed by atoms with E-state index in [9.17, 15) is 4.79 Å². The van der Waals surface area contributed by atoms with Crippen molar-refractivity contribution in [2.24, 2.45) is 5.92 Å². The predicted octanol–water partition coefficient (Wildman–Crippen LogP) is 3.74. The molecule has 4 heteroatoms. The number of benzene rings is 1. The second-order valence-corrected chi connectivity index (χ2v) is 7.13. The number of carbonyl (C=O) groups is 1. The SMILES string of the molecule is Cc1ccccc1C(NC(=O)CSCC1CC1)c1ccncc1. The van der Waals surface area contributed by atoms with Crippen molar-refractivity contribution >= 4 is 17.7 Å². The standard InChI is InChI=1S/C19H22N2OS/c1-14-4-2-3-5-17(14)19(16-8-10-20-11-9-16)21-18(22)13-23-12-15-6-7-15/h2-5,8-11,15,19H,6-7,12-13H2,1H3,(H,21,22). The summed E-state index contributed by atoms with van der Waals surface area (Å²) in [4.78, 5) is 16.4. The van der Waals surface area contributed by atoms with Gasteiger partial charge >= 0.3 is 0 Å². The molecule has 0 bridgehead atoms. The molecule has 1 fully saturated rings. The maximum atomic E-state index is 12.4. The van der Waals surface area contributed by atoms with Gasteiger partial charge in [0.1, 0.15) is 0 Å². The number of aromatic nitrogens is 1. The Morgan fingerprint density at radius 1 is 1.26 bits per heavy atom. The van der Waals surface area contributed by atoms with Gasteiger partial charge in [-0.25, -0.2) is 0 Å². The number of nitrogens with one attached hydrogen (secondary N) is 1. The molecule has 2 aromatic rings. The first-order chi connectivity index (χ1) is 11.2. The summed E-state index contributed by atoms with van der Waals surface area (Å²) in [5.41, 5.74) is 3.38. The van der Waals surface area contributed by atoms with E-state index >= 15 is 0 Å². The van der Waals surface area contributed by atoms with Crippen LogP contribution < -0.4 is 5.32 Å². The molecule has 1 heterocycles. The van der Waals surface area contributed by atoms with E-state index < -0.39 is 0 Å². The molecule has 0 saturated heterocycles. The van der Waals surface area contributed by atoms with Gasteiger partial charge in [0.15, 0.2) is 0 Å². The highest BCUT2D eigenvalue weighted by atomic mass is 32.2. The van der Waals surface area contributed by atoms with Gasteiger partial charge in [-0.1, -0.05) is 24.3 Å². The molecule has 120 valence electrons. The topological polar surface area (TPSA) is 42.0 Å². The zero-order chi connectivity index (χ0) is 16.1. The third-order valence-corrected chi connectivity index (χ3v) is 5.30. The van der Waals surface area contributed by atoms with Crippen LogP contribution in [0.5, 0.6) is 0 Å². The summed E-state index contributed by atoms with van der Waals surface area (Å²) in [7, 11) is 0. The number of thioether (sulfide) groups is 1. The van der Waals surface area contributed by atoms with Crippen LogP contribution in [0.1, 0.15) is 35.6 Å². The zero-order valence-electron chi connectivity index (χ0n) is 13.4. The predicted molar refractivity (Wildman–Crippen MR) is 95.5 cm³/mol. The van der Waals surface area contributed by atoms with Gasteiger partial charge in [-0.05, 0) is 60.3 Å². The molecule has 3 rings (SSSR count). The van der Waals surface area contributed by atoms with Gasteiger partial charge in [-0.15, -0.1) is 0 Å². The third-order valence-electron chi connectivity index (χ3n) is 4.13. The minimum Gasteiger partial charge on any atom is -0.344 e. The van der Waals surface area contributed by atoms with Crippen LogP contribution in [0.4, 0.5) is 0 Å². The Morgan fingerprint density at radius 3 is 2.70 bits per heavy atom. The number of aryl methyl sites for hydroxylation is 1. The average molecular weight is 326 g/mol. The van der Waals surface area contributed by atoms with Gasteiger partial charge in [0, 0.05) is 12.4 Å². The molecule has 1 aliphatic rings. The summed E-state index contributed by atoms with van der Waals surface area (Å²) in [6, 6.07) is 12.0. The lowest BCUT2D eigenvalue weighted by Crippen LogP contribution is -2.31. The molecule has 1 aromatic heterocycles. The summed E-state index contributed by atoms with van der Waals surface area (Å²) in [5.74, 6) is 2.59. The highest BCUT2D eigenvalue weighted by Gasteiger charge is 2.22. The molecule has 1 amide bonds. The fourth-order valence-corrected chi connectivity index (χ4v) is 3.67. The summed E-state index contributed by atoms with van der Waals surface area (Å²) >= 11 is 1.74. The quantitative estimate of drug-likeness (QED) is 0.843. The minimum atomic E-state index is -0.117. The Kier molecular flexibility index (Phi) is 5.34. The lowest BCUT2D eigenvalue weighted by molar-refractivity contribution is -0.119. The first kappa shape index (κ1) is 16.1. The van der Waals surface area contributed by atoms with E-state index in [4.69, 9.17) is 0 Å². The van der Waals surface area contributed by atoms with Crippen LogP contribution in [0.2, 0.25) is 0 Å². The van der Waals surface area contributed by atoms with Gasteiger partial charge in [0.05, 0.1) is 11.8 Å². The van der Waals surface area contributed by atoms with Gasteiger partial charge in [-0.2, -0.15) is 11.8 Å². The summed E-state index contributed by atoms with van der Waals surface area (Å²) < 4.78 is 0. The van der Waals surface area contributed by atoms with Crippen molar-refractivity contribution in [1.29, 1.82) is 0 Å². The van der Waals surface area contributed by atoms with E-state index in [1.54, 1.807) is 24.2 Å². The van der Waals surface area contributed by atoms with Crippen LogP contribution in [0, 0.1) is 12.8 Å². The number of rotatable bonds is 7. The van der Waals surface area contributed by atoms with E-state index in [2.05, 4.69) is 29.4 Å². The highest BCUT2D eigenvalue weighted by molar-refractivity contribution is 7.99. The second-order valence-electron chi connectivity index (χ2n) is 6.10. The molecule has 3 nitrogen and oxygen atoms in total. The van der Waals surface area contributed by atoms with Gasteiger partial charge in [-0.3, -0.25) is 9.78 Å². The van der Waals surface area contributed by atoms with Crippen LogP contribution in [-0.4, -0.2) is 22.4 Å². The maximum Gasteiger partial charge on any atom is 0.230 e. The number of carbonyl (C=O) groups excluding carboxylic acids is 1. The van der Waals surface area contributed by atoms with Crippen LogP contribution in [0.25, 0.3) is 0 Å². The third kappa shape index (κ3) is 4.58. The van der Waals surface area contributed by atoms with E-state index in [0.717, 1.165) is 22.8 Å². The van der Waals surface area contributed by atoms with Crippen molar-refractivity contribution < 1.29 is 4.79 Å². The van der Waals surface area contributed by atoms with Gasteiger partial charge < -0.3 is 5.32 Å². The normalized spacial score (nSPS) is 15.2. The number of amides is 1. The fourth-order valence-electron chi connectivity index (χ4n) is 2.61. The number of hydrogen-bond acceptors (Lipinski definition) is 3. The van der Waals surface area contributed by atoms with Crippen molar-refractivity contribution in [3.05, 3.63) is 65.5 Å². The van der Waals surface area contributed by atoms with Crippen LogP contribution in [0.15, 0.2) is 48.8 Å². The lowest BCUT2D eigenvalue weighted by atomic mass is 9.95. The summed E-state index contributed by atoms with van der Waals surface area (Å²) in [6.45, 7) is 2.08. The molecule has 23 heavy (non-hydrogen) atoms. The van der Waals surface area contributed by atoms with Crippen molar-refractivity contribution in [3.63, 3.8) is 0 Å². The first-order valence-electron chi connectivity index (χ1n) is 8.06. The molecule has 1 N–H and O–H groups in total. The summed E-state index contributed by atoms with van der Waals surface area (Å²) in [6.07, 6.45) is 6.21. The summed E-state index contributed by atoms with van der Waals surface area (Å²) in [5, 5.41) is 3.20. The molecule has 1 atom stereocenters. The van der Waals surface area contributed by atoms with Crippen LogP contribution in [0.3, 0.4) is 0 Å². The largest absolute Gasteiger partial charge is 0.344 e. The molecule has 0 aliphatic heterocycles. The Bertz CT molecular complexity index is 655. The molecular formula is C19H22N2OS. The number of nitrogens with zero attached hydrogens (tertiary/aromatic N) is 1. The smallest absolute Gasteiger partial charge is 0.230 e.